The molecule has 18 valence electrons. The second-order valence-electron chi connectivity index (χ2n) is 0.204. The predicted octanol–water partition coefficient (Wildman–Crippen LogP) is -2.11. The first-order valence-corrected chi connectivity index (χ1v) is 1.11. The summed E-state index contributed by atoms with van der Waals surface area (Å²) in [5.41, 5.74) is 0. The van der Waals surface area contributed by atoms with Crippen LogP contribution >= 0.6 is 12.2 Å². The van der Waals surface area contributed by atoms with Gasteiger partial charge in [-0.1, -0.05) is 0 Å². The molecule has 0 rings (SSSR count). The molecule has 0 amide bonds. The zero-order chi connectivity index (χ0) is 2.71. The summed E-state index contributed by atoms with van der Waals surface area (Å²) >= 11 is 4.14. The Hall–Kier alpha value is 1.73. The van der Waals surface area contributed by atoms with E-state index in [1.54, 1.807) is 6.92 Å². The van der Waals surface area contributed by atoms with Crippen molar-refractivity contribution in [1.29, 1.82) is 0 Å². The van der Waals surface area contributed by atoms with Crippen molar-refractivity contribution in [3.8, 4) is 0 Å². The number of hydrogen-bond acceptors (Lipinski definition) is 1. The number of hydrogen-bond donors (Lipinski definition) is 0. The maximum atomic E-state index is 4.14. The van der Waals surface area contributed by atoms with Crippen molar-refractivity contribution in [1.82, 2.24) is 0 Å². The summed E-state index contributed by atoms with van der Waals surface area (Å²) in [7, 11) is 0. The van der Waals surface area contributed by atoms with Crippen LogP contribution in [0.25, 0.3) is 0 Å². The molecular formula is C2H3KS. The summed E-state index contributed by atoms with van der Waals surface area (Å²) < 4.78 is 0. The molecule has 0 aliphatic heterocycles. The minimum atomic E-state index is 0. The molecule has 0 bridgehead atoms. The Balaban J connectivity index is 0. The molecule has 0 saturated heterocycles. The van der Waals surface area contributed by atoms with E-state index in [2.05, 4.69) is 17.6 Å². The Kier molecular flexibility index (Phi) is 20.3. The summed E-state index contributed by atoms with van der Waals surface area (Å²) in [5.74, 6) is 0. The molecule has 0 heterocycles. The summed E-state index contributed by atoms with van der Waals surface area (Å²) in [6.07, 6.45) is 0. The Morgan fingerprint density at radius 1 is 1.75 bits per heavy atom. The van der Waals surface area contributed by atoms with Crippen molar-refractivity contribution in [3.05, 3.63) is 0 Å². The molecule has 0 saturated carbocycles. The van der Waals surface area contributed by atoms with Gasteiger partial charge in [0.2, 0.25) is 0 Å². The molecule has 0 spiro atoms. The van der Waals surface area contributed by atoms with Crippen molar-refractivity contribution in [2.45, 2.75) is 6.92 Å². The molecule has 0 aromatic heterocycles. The van der Waals surface area contributed by atoms with Crippen LogP contribution in [-0.2, 0) is 0 Å². The minimum Gasteiger partial charge on any atom is -0.428 e. The topological polar surface area (TPSA) is 0 Å². The summed E-state index contributed by atoms with van der Waals surface area (Å²) in [6, 6.07) is 0. The van der Waals surface area contributed by atoms with Crippen molar-refractivity contribution in [2.75, 3.05) is 0 Å². The monoisotopic (exact) mass is 98.0 g/mol. The van der Waals surface area contributed by atoms with E-state index in [-0.39, 0.29) is 51.4 Å². The predicted molar refractivity (Wildman–Crippen MR) is 18.3 cm³/mol. The van der Waals surface area contributed by atoms with E-state index in [1.165, 1.54) is 0 Å². The van der Waals surface area contributed by atoms with Crippen molar-refractivity contribution < 1.29 is 51.4 Å². The maximum absolute atomic E-state index is 4.14. The van der Waals surface area contributed by atoms with Gasteiger partial charge in [-0.05, 0) is 0 Å². The minimum absolute atomic E-state index is 0. The summed E-state index contributed by atoms with van der Waals surface area (Å²) in [6.45, 7) is 1.69. The fourth-order valence-corrected chi connectivity index (χ4v) is 0. The summed E-state index contributed by atoms with van der Waals surface area (Å²) in [4.78, 5) is 0. The first-order valence-electron chi connectivity index (χ1n) is 0.704. The van der Waals surface area contributed by atoms with E-state index >= 15 is 0 Å². The van der Waals surface area contributed by atoms with Crippen LogP contribution in [0, 0.1) is 0 Å². The SMILES string of the molecule is C[C-]=S.[K+]. The van der Waals surface area contributed by atoms with E-state index in [1.807, 2.05) is 0 Å². The van der Waals surface area contributed by atoms with Gasteiger partial charge in [0.1, 0.15) is 0 Å². The Morgan fingerprint density at radius 3 is 1.75 bits per heavy atom. The molecule has 4 heavy (non-hydrogen) atoms. The van der Waals surface area contributed by atoms with Crippen LogP contribution in [0.1, 0.15) is 6.92 Å². The third kappa shape index (κ3) is 9.29. The van der Waals surface area contributed by atoms with Gasteiger partial charge in [-0.15, -0.1) is 0 Å². The number of thiocarbonyl (C=S) groups is 1. The quantitative estimate of drug-likeness (QED) is 0.190. The smallest absolute Gasteiger partial charge is 0.428 e. The molecule has 0 unspecified atom stereocenters. The molecule has 0 fully saturated rings. The molecule has 0 N–H and O–H groups in total. The van der Waals surface area contributed by atoms with Crippen LogP contribution in [-0.4, -0.2) is 5.37 Å². The zero-order valence-electron chi connectivity index (χ0n) is 2.91. The molecule has 0 aliphatic carbocycles. The molecular weight excluding hydrogens is 95.2 g/mol. The van der Waals surface area contributed by atoms with Crippen LogP contribution < -0.4 is 51.4 Å². The van der Waals surface area contributed by atoms with Crippen LogP contribution in [0.15, 0.2) is 0 Å². The van der Waals surface area contributed by atoms with Gasteiger partial charge in [0.15, 0.2) is 0 Å². The van der Waals surface area contributed by atoms with Gasteiger partial charge >= 0.3 is 51.4 Å². The largest absolute Gasteiger partial charge is 1.00 e. The van der Waals surface area contributed by atoms with E-state index in [0.717, 1.165) is 0 Å². The number of rotatable bonds is 0. The Morgan fingerprint density at radius 2 is 1.75 bits per heavy atom. The third-order valence-corrected chi connectivity index (χ3v) is 0. The average Bonchev–Trinajstić information content (AvgIpc) is 0.918. The van der Waals surface area contributed by atoms with Gasteiger partial charge in [0.05, 0.1) is 0 Å². The third-order valence-electron chi connectivity index (χ3n) is 0. The van der Waals surface area contributed by atoms with Crippen LogP contribution in [0.4, 0.5) is 0 Å². The first kappa shape index (κ1) is 9.21. The fraction of sp³-hybridized carbons (Fsp3) is 0.500. The van der Waals surface area contributed by atoms with E-state index in [9.17, 15) is 0 Å². The van der Waals surface area contributed by atoms with Crippen molar-refractivity contribution >= 4 is 17.6 Å². The van der Waals surface area contributed by atoms with Crippen LogP contribution in [0.2, 0.25) is 0 Å². The van der Waals surface area contributed by atoms with Gasteiger partial charge < -0.3 is 17.6 Å². The second-order valence-corrected chi connectivity index (χ2v) is 0.612. The molecule has 0 aliphatic rings. The maximum Gasteiger partial charge on any atom is 1.00 e. The Labute approximate surface area is 74.4 Å². The van der Waals surface area contributed by atoms with E-state index < -0.39 is 0 Å². The van der Waals surface area contributed by atoms with Gasteiger partial charge in [0.25, 0.3) is 0 Å². The molecule has 0 atom stereocenters. The first-order chi connectivity index (χ1) is 1.41. The molecule has 0 nitrogen and oxygen atoms in total. The van der Waals surface area contributed by atoms with Gasteiger partial charge in [-0.2, -0.15) is 6.92 Å². The fourth-order valence-electron chi connectivity index (χ4n) is 0. The Bertz CT molecular complexity index is 13.5. The van der Waals surface area contributed by atoms with Crippen LogP contribution in [0.5, 0.6) is 0 Å². The average molecular weight is 98.2 g/mol. The zero-order valence-corrected chi connectivity index (χ0v) is 6.85. The molecule has 0 radical (unpaired) electrons. The molecule has 2 heteroatoms. The van der Waals surface area contributed by atoms with Gasteiger partial charge in [-0.3, -0.25) is 0 Å². The van der Waals surface area contributed by atoms with E-state index in [0.29, 0.717) is 0 Å². The van der Waals surface area contributed by atoms with Gasteiger partial charge in [0, 0.05) is 0 Å². The van der Waals surface area contributed by atoms with Crippen molar-refractivity contribution in [3.63, 3.8) is 0 Å². The molecule has 0 aromatic rings. The van der Waals surface area contributed by atoms with Crippen LogP contribution in [0.3, 0.4) is 0 Å². The second kappa shape index (κ2) is 8.83. The van der Waals surface area contributed by atoms with Gasteiger partial charge in [-0.25, -0.2) is 0 Å². The van der Waals surface area contributed by atoms with E-state index in [4.69, 9.17) is 0 Å². The van der Waals surface area contributed by atoms with Crippen molar-refractivity contribution in [2.24, 2.45) is 0 Å². The standard InChI is InChI=1S/C2H3S.K/c1-2-3;/h1H3;/q-1;+1. The molecule has 0 aromatic carbocycles. The normalized spacial score (nSPS) is 3.25. The summed E-state index contributed by atoms with van der Waals surface area (Å²) in [5, 5.41) is 2.33.